The summed E-state index contributed by atoms with van der Waals surface area (Å²) in [5, 5.41) is 13.0. The Labute approximate surface area is 99.4 Å². The first-order chi connectivity index (χ1) is 7.62. The first-order valence-corrected chi connectivity index (χ1v) is 5.73. The minimum Gasteiger partial charge on any atom is -0.481 e. The molecule has 1 aromatic carbocycles. The smallest absolute Gasteiger partial charge is 0.305 e. The van der Waals surface area contributed by atoms with Crippen molar-refractivity contribution < 1.29 is 9.90 Å². The summed E-state index contributed by atoms with van der Waals surface area (Å²) in [6, 6.07) is 7.45. The molecule has 3 nitrogen and oxygen atoms in total. The summed E-state index contributed by atoms with van der Waals surface area (Å²) >= 11 is 5.95. The van der Waals surface area contributed by atoms with Crippen molar-refractivity contribution in [2.45, 2.75) is 24.8 Å². The molecule has 16 heavy (non-hydrogen) atoms. The molecule has 0 spiro atoms. The van der Waals surface area contributed by atoms with E-state index in [0.29, 0.717) is 5.02 Å². The molecule has 4 heteroatoms. The van der Waals surface area contributed by atoms with Crippen LogP contribution in [0.25, 0.3) is 0 Å². The van der Waals surface area contributed by atoms with Gasteiger partial charge in [0, 0.05) is 5.02 Å². The Morgan fingerprint density at radius 3 is 2.94 bits per heavy atom. The Balaban J connectivity index is 2.35. The fourth-order valence-electron chi connectivity index (χ4n) is 2.35. The highest BCUT2D eigenvalue weighted by Crippen LogP contribution is 2.35. The molecular formula is C12H14ClNO2. The SMILES string of the molecule is O=C(O)CC1(c2cccc(Cl)c2)CCCN1. The topological polar surface area (TPSA) is 49.3 Å². The molecule has 1 aliphatic heterocycles. The Morgan fingerprint density at radius 2 is 2.38 bits per heavy atom. The molecular weight excluding hydrogens is 226 g/mol. The lowest BCUT2D eigenvalue weighted by atomic mass is 9.85. The largest absolute Gasteiger partial charge is 0.481 e. The maximum Gasteiger partial charge on any atom is 0.305 e. The van der Waals surface area contributed by atoms with E-state index in [-0.39, 0.29) is 6.42 Å². The van der Waals surface area contributed by atoms with Gasteiger partial charge in [-0.3, -0.25) is 4.79 Å². The molecule has 2 rings (SSSR count). The molecule has 1 aliphatic rings. The highest BCUT2D eigenvalue weighted by Gasteiger charge is 2.37. The fourth-order valence-corrected chi connectivity index (χ4v) is 2.54. The normalized spacial score (nSPS) is 24.6. The number of halogens is 1. The maximum absolute atomic E-state index is 10.9. The monoisotopic (exact) mass is 239 g/mol. The van der Waals surface area contributed by atoms with Crippen LogP contribution in [0.2, 0.25) is 5.02 Å². The first-order valence-electron chi connectivity index (χ1n) is 5.35. The third-order valence-electron chi connectivity index (χ3n) is 3.07. The molecule has 0 aromatic heterocycles. The zero-order valence-electron chi connectivity index (χ0n) is 8.87. The number of rotatable bonds is 3. The molecule has 1 aromatic rings. The van der Waals surface area contributed by atoms with Gasteiger partial charge in [0.15, 0.2) is 0 Å². The summed E-state index contributed by atoms with van der Waals surface area (Å²) < 4.78 is 0. The standard InChI is InChI=1S/C12H14ClNO2/c13-10-4-1-3-9(7-10)12(8-11(15)16)5-2-6-14-12/h1,3-4,7,14H,2,5-6,8H2,(H,15,16). The van der Waals surface area contributed by atoms with Gasteiger partial charge in [0.2, 0.25) is 0 Å². The van der Waals surface area contributed by atoms with Crippen LogP contribution in [0.1, 0.15) is 24.8 Å². The maximum atomic E-state index is 10.9. The molecule has 0 saturated carbocycles. The average molecular weight is 240 g/mol. The molecule has 1 saturated heterocycles. The molecule has 0 aliphatic carbocycles. The van der Waals surface area contributed by atoms with Crippen LogP contribution < -0.4 is 5.32 Å². The van der Waals surface area contributed by atoms with Crippen LogP contribution in [0.4, 0.5) is 0 Å². The number of carboxylic acids is 1. The Hall–Kier alpha value is -1.06. The van der Waals surface area contributed by atoms with Crippen molar-refractivity contribution in [3.63, 3.8) is 0 Å². The number of carboxylic acid groups (broad SMARTS) is 1. The van der Waals surface area contributed by atoms with Gasteiger partial charge in [-0.2, -0.15) is 0 Å². The van der Waals surface area contributed by atoms with E-state index in [1.54, 1.807) is 6.07 Å². The van der Waals surface area contributed by atoms with Gasteiger partial charge < -0.3 is 10.4 Å². The van der Waals surface area contributed by atoms with Crippen LogP contribution in [-0.2, 0) is 10.3 Å². The molecule has 1 unspecified atom stereocenters. The van der Waals surface area contributed by atoms with Gasteiger partial charge in [-0.1, -0.05) is 23.7 Å². The zero-order chi connectivity index (χ0) is 11.6. The highest BCUT2D eigenvalue weighted by atomic mass is 35.5. The van der Waals surface area contributed by atoms with Gasteiger partial charge in [0.25, 0.3) is 0 Å². The number of hydrogen-bond donors (Lipinski definition) is 2. The molecule has 1 fully saturated rings. The zero-order valence-corrected chi connectivity index (χ0v) is 9.63. The summed E-state index contributed by atoms with van der Waals surface area (Å²) in [5.74, 6) is -0.783. The predicted molar refractivity (Wildman–Crippen MR) is 62.6 cm³/mol. The van der Waals surface area contributed by atoms with E-state index in [4.69, 9.17) is 16.7 Å². The predicted octanol–water partition coefficient (Wildman–Crippen LogP) is 2.39. The minimum atomic E-state index is -0.783. The van der Waals surface area contributed by atoms with Crippen molar-refractivity contribution in [1.29, 1.82) is 0 Å². The van der Waals surface area contributed by atoms with E-state index >= 15 is 0 Å². The van der Waals surface area contributed by atoms with Gasteiger partial charge >= 0.3 is 5.97 Å². The van der Waals surface area contributed by atoms with E-state index in [0.717, 1.165) is 24.9 Å². The second-order valence-corrected chi connectivity index (χ2v) is 4.63. The van der Waals surface area contributed by atoms with Crippen LogP contribution in [0, 0.1) is 0 Å². The molecule has 0 radical (unpaired) electrons. The third kappa shape index (κ3) is 2.20. The summed E-state index contributed by atoms with van der Waals surface area (Å²) in [7, 11) is 0. The molecule has 0 bridgehead atoms. The van der Waals surface area contributed by atoms with Gasteiger partial charge in [0.1, 0.15) is 0 Å². The van der Waals surface area contributed by atoms with Crippen molar-refractivity contribution in [2.75, 3.05) is 6.54 Å². The lowest BCUT2D eigenvalue weighted by Gasteiger charge is -2.28. The lowest BCUT2D eigenvalue weighted by molar-refractivity contribution is -0.138. The van der Waals surface area contributed by atoms with E-state index in [1.165, 1.54) is 0 Å². The van der Waals surface area contributed by atoms with E-state index < -0.39 is 11.5 Å². The Morgan fingerprint density at radius 1 is 1.56 bits per heavy atom. The van der Waals surface area contributed by atoms with Crippen molar-refractivity contribution in [1.82, 2.24) is 5.32 Å². The number of nitrogens with one attached hydrogen (secondary N) is 1. The quantitative estimate of drug-likeness (QED) is 0.852. The van der Waals surface area contributed by atoms with E-state index in [9.17, 15) is 4.79 Å². The fraction of sp³-hybridized carbons (Fsp3) is 0.417. The Kier molecular flexibility index (Phi) is 3.17. The van der Waals surface area contributed by atoms with E-state index in [1.807, 2.05) is 18.2 Å². The number of carbonyl (C=O) groups is 1. The van der Waals surface area contributed by atoms with Crippen molar-refractivity contribution in [3.05, 3.63) is 34.9 Å². The van der Waals surface area contributed by atoms with Crippen LogP contribution >= 0.6 is 11.6 Å². The number of benzene rings is 1. The average Bonchev–Trinajstić information content (AvgIpc) is 2.66. The van der Waals surface area contributed by atoms with Gasteiger partial charge in [-0.15, -0.1) is 0 Å². The molecule has 2 N–H and O–H groups in total. The summed E-state index contributed by atoms with van der Waals surface area (Å²) in [6.07, 6.45) is 1.95. The molecule has 0 amide bonds. The van der Waals surface area contributed by atoms with Crippen molar-refractivity contribution in [3.8, 4) is 0 Å². The molecule has 1 atom stereocenters. The van der Waals surface area contributed by atoms with Gasteiger partial charge in [-0.25, -0.2) is 0 Å². The molecule has 86 valence electrons. The van der Waals surface area contributed by atoms with Crippen LogP contribution in [-0.4, -0.2) is 17.6 Å². The van der Waals surface area contributed by atoms with E-state index in [2.05, 4.69) is 5.32 Å². The van der Waals surface area contributed by atoms with Crippen LogP contribution in [0.5, 0.6) is 0 Å². The first kappa shape index (κ1) is 11.4. The second kappa shape index (κ2) is 4.44. The van der Waals surface area contributed by atoms with Crippen LogP contribution in [0.15, 0.2) is 24.3 Å². The van der Waals surface area contributed by atoms with Crippen LogP contribution in [0.3, 0.4) is 0 Å². The third-order valence-corrected chi connectivity index (χ3v) is 3.31. The summed E-state index contributed by atoms with van der Waals surface area (Å²) in [6.45, 7) is 0.861. The van der Waals surface area contributed by atoms with Gasteiger partial charge in [0.05, 0.1) is 12.0 Å². The second-order valence-electron chi connectivity index (χ2n) is 4.19. The minimum absolute atomic E-state index is 0.105. The summed E-state index contributed by atoms with van der Waals surface area (Å²) in [4.78, 5) is 10.9. The summed E-state index contributed by atoms with van der Waals surface area (Å²) in [5.41, 5.74) is 0.538. The number of aliphatic carboxylic acids is 1. The van der Waals surface area contributed by atoms with Crippen molar-refractivity contribution in [2.24, 2.45) is 0 Å². The van der Waals surface area contributed by atoms with Gasteiger partial charge in [-0.05, 0) is 37.1 Å². The Bertz CT molecular complexity index is 400. The van der Waals surface area contributed by atoms with Crippen molar-refractivity contribution >= 4 is 17.6 Å². The highest BCUT2D eigenvalue weighted by molar-refractivity contribution is 6.30. The molecule has 1 heterocycles. The lowest BCUT2D eigenvalue weighted by Crippen LogP contribution is -2.38. The number of hydrogen-bond acceptors (Lipinski definition) is 2.